The molecule has 0 bridgehead atoms. The second-order valence-electron chi connectivity index (χ2n) is 17.3. The lowest BCUT2D eigenvalue weighted by molar-refractivity contribution is 0.669. The van der Waals surface area contributed by atoms with E-state index in [-0.39, 0.29) is 0 Å². The Labute approximate surface area is 388 Å². The summed E-state index contributed by atoms with van der Waals surface area (Å²) in [6, 6.07) is 92.0. The number of rotatable bonds is 8. The number of furan rings is 1. The third kappa shape index (κ3) is 6.76. The second kappa shape index (κ2) is 16.0. The van der Waals surface area contributed by atoms with Gasteiger partial charge in [-0.05, 0) is 140 Å². The maximum Gasteiger partial charge on any atom is 0.136 e. The Morgan fingerprint density at radius 3 is 1.55 bits per heavy atom. The van der Waals surface area contributed by atoms with Crippen LogP contribution in [-0.2, 0) is 0 Å². The van der Waals surface area contributed by atoms with E-state index in [4.69, 9.17) is 4.42 Å². The van der Waals surface area contributed by atoms with Crippen molar-refractivity contribution in [3.63, 3.8) is 0 Å². The first-order valence-corrected chi connectivity index (χ1v) is 22.9. The molecular weight excluding hydrogens is 813 g/mol. The Morgan fingerprint density at radius 2 is 0.821 bits per heavy atom. The summed E-state index contributed by atoms with van der Waals surface area (Å²) in [5, 5.41) is 7.26. The number of para-hydroxylation sites is 3. The normalized spacial score (nSPS) is 11.6. The molecule has 0 spiro atoms. The minimum atomic E-state index is 0.890. The second-order valence-corrected chi connectivity index (χ2v) is 17.3. The lowest BCUT2D eigenvalue weighted by Gasteiger charge is -2.26. The van der Waals surface area contributed by atoms with Crippen molar-refractivity contribution in [3.05, 3.63) is 255 Å². The van der Waals surface area contributed by atoms with Gasteiger partial charge in [0, 0.05) is 44.3 Å². The van der Waals surface area contributed by atoms with E-state index in [0.29, 0.717) is 0 Å². The van der Waals surface area contributed by atoms with Crippen molar-refractivity contribution in [1.82, 2.24) is 4.57 Å². The maximum atomic E-state index is 6.32. The Morgan fingerprint density at radius 1 is 0.299 bits per heavy atom. The highest BCUT2D eigenvalue weighted by Crippen LogP contribution is 2.42. The highest BCUT2D eigenvalue weighted by atomic mass is 16.3. The molecule has 0 aliphatic carbocycles. The van der Waals surface area contributed by atoms with Crippen LogP contribution in [0.2, 0.25) is 0 Å². The predicted molar refractivity (Wildman–Crippen MR) is 282 cm³/mol. The smallest absolute Gasteiger partial charge is 0.136 e. The maximum absolute atomic E-state index is 6.32. The molecule has 0 saturated heterocycles. The Balaban J connectivity index is 0.875. The lowest BCUT2D eigenvalue weighted by Crippen LogP contribution is -2.10. The van der Waals surface area contributed by atoms with Crippen LogP contribution in [0.4, 0.5) is 17.1 Å². The third-order valence-corrected chi connectivity index (χ3v) is 13.4. The summed E-state index contributed by atoms with van der Waals surface area (Å²) in [4.78, 5) is 2.36. The summed E-state index contributed by atoms with van der Waals surface area (Å²) in [5.41, 5.74) is 17.9. The monoisotopic (exact) mass is 854 g/mol. The average Bonchev–Trinajstić information content (AvgIpc) is 3.95. The van der Waals surface area contributed by atoms with Crippen LogP contribution in [0.25, 0.3) is 105 Å². The van der Waals surface area contributed by atoms with Gasteiger partial charge in [-0.15, -0.1) is 0 Å². The molecule has 2 heterocycles. The molecule has 0 atom stereocenters. The minimum absolute atomic E-state index is 0.890. The van der Waals surface area contributed by atoms with E-state index in [1.54, 1.807) is 0 Å². The third-order valence-electron chi connectivity index (χ3n) is 13.4. The number of hydrogen-bond acceptors (Lipinski definition) is 2. The molecule has 3 nitrogen and oxygen atoms in total. The van der Waals surface area contributed by atoms with E-state index in [2.05, 4.69) is 252 Å². The summed E-state index contributed by atoms with van der Waals surface area (Å²) >= 11 is 0. The van der Waals surface area contributed by atoms with Gasteiger partial charge < -0.3 is 13.9 Å². The van der Waals surface area contributed by atoms with Crippen molar-refractivity contribution in [2.75, 3.05) is 4.90 Å². The number of anilines is 3. The zero-order valence-corrected chi connectivity index (χ0v) is 36.6. The van der Waals surface area contributed by atoms with Crippen LogP contribution < -0.4 is 4.90 Å². The molecule has 0 saturated carbocycles. The number of benzene rings is 11. The van der Waals surface area contributed by atoms with Crippen LogP contribution in [0.5, 0.6) is 0 Å². The first-order valence-electron chi connectivity index (χ1n) is 22.9. The Kier molecular flexibility index (Phi) is 9.17. The molecule has 0 aliphatic heterocycles. The fourth-order valence-electron chi connectivity index (χ4n) is 10.2. The van der Waals surface area contributed by atoms with Crippen LogP contribution in [0, 0.1) is 0 Å². The van der Waals surface area contributed by atoms with Gasteiger partial charge in [-0.25, -0.2) is 0 Å². The average molecular weight is 855 g/mol. The van der Waals surface area contributed by atoms with E-state index < -0.39 is 0 Å². The Bertz CT molecular complexity index is 3930. The van der Waals surface area contributed by atoms with Gasteiger partial charge in [-0.2, -0.15) is 0 Å². The number of aromatic nitrogens is 1. The number of nitrogens with zero attached hydrogens (tertiary/aromatic N) is 2. The molecule has 0 fully saturated rings. The summed E-state index contributed by atoms with van der Waals surface area (Å²) in [5.74, 6) is 0. The molecule has 2 aromatic heterocycles. The fraction of sp³-hybridized carbons (Fsp3) is 0. The molecule has 11 aromatic carbocycles. The van der Waals surface area contributed by atoms with Gasteiger partial charge in [0.15, 0.2) is 0 Å². The van der Waals surface area contributed by atoms with Crippen molar-refractivity contribution in [2.24, 2.45) is 0 Å². The minimum Gasteiger partial charge on any atom is -0.456 e. The van der Waals surface area contributed by atoms with Gasteiger partial charge in [0.25, 0.3) is 0 Å². The van der Waals surface area contributed by atoms with Crippen molar-refractivity contribution >= 4 is 71.6 Å². The van der Waals surface area contributed by atoms with Crippen LogP contribution in [0.15, 0.2) is 259 Å². The summed E-state index contributed by atoms with van der Waals surface area (Å²) in [6.07, 6.45) is 0. The molecule has 0 radical (unpaired) electrons. The predicted octanol–water partition coefficient (Wildman–Crippen LogP) is 18.0. The first kappa shape index (κ1) is 38.5. The van der Waals surface area contributed by atoms with E-state index in [1.165, 1.54) is 60.4 Å². The molecule has 0 N–H and O–H groups in total. The molecule has 3 heteroatoms. The van der Waals surface area contributed by atoms with Crippen molar-refractivity contribution in [3.8, 4) is 50.2 Å². The van der Waals surface area contributed by atoms with Crippen molar-refractivity contribution in [1.29, 1.82) is 0 Å². The zero-order chi connectivity index (χ0) is 44.3. The van der Waals surface area contributed by atoms with Crippen LogP contribution >= 0.6 is 0 Å². The Hall–Kier alpha value is -8.92. The quantitative estimate of drug-likeness (QED) is 0.152. The van der Waals surface area contributed by atoms with Gasteiger partial charge in [-0.3, -0.25) is 0 Å². The van der Waals surface area contributed by atoms with E-state index in [9.17, 15) is 0 Å². The fourth-order valence-corrected chi connectivity index (χ4v) is 10.2. The zero-order valence-electron chi connectivity index (χ0n) is 36.6. The largest absolute Gasteiger partial charge is 0.456 e. The van der Waals surface area contributed by atoms with E-state index in [0.717, 1.165) is 61.4 Å². The molecule has 13 rings (SSSR count). The molecule has 314 valence electrons. The van der Waals surface area contributed by atoms with Gasteiger partial charge in [-0.1, -0.05) is 170 Å². The lowest BCUT2D eigenvalue weighted by atomic mass is 9.97. The van der Waals surface area contributed by atoms with E-state index in [1.807, 2.05) is 12.1 Å². The van der Waals surface area contributed by atoms with Crippen LogP contribution in [0.3, 0.4) is 0 Å². The van der Waals surface area contributed by atoms with Crippen molar-refractivity contribution < 1.29 is 4.42 Å². The molecular formula is C64H42N2O. The molecule has 0 unspecified atom stereocenters. The van der Waals surface area contributed by atoms with Crippen LogP contribution in [0.1, 0.15) is 0 Å². The van der Waals surface area contributed by atoms with Gasteiger partial charge in [0.05, 0.1) is 11.0 Å². The van der Waals surface area contributed by atoms with Crippen molar-refractivity contribution in [2.45, 2.75) is 0 Å². The van der Waals surface area contributed by atoms with Gasteiger partial charge in [0.2, 0.25) is 0 Å². The summed E-state index contributed by atoms with van der Waals surface area (Å²) in [7, 11) is 0. The van der Waals surface area contributed by atoms with E-state index >= 15 is 0 Å². The standard InChI is InChI=1S/C64H42N2O/c1-2-14-46-40-50(30-29-43(46)13-1)45-33-37-53(38-34-45)65(54-19-11-18-51(42-54)56-24-12-28-63-64(56)59-23-5-8-27-62(59)67-63)52-35-31-44(32-36-52)47-15-9-16-48(39-47)49-17-10-20-55(41-49)66-60-25-6-3-21-57(60)58-22-4-7-26-61(58)66/h1-42H. The highest BCUT2D eigenvalue weighted by molar-refractivity contribution is 6.13. The molecule has 67 heavy (non-hydrogen) atoms. The van der Waals surface area contributed by atoms with Crippen LogP contribution in [-0.4, -0.2) is 4.57 Å². The molecule has 0 aliphatic rings. The van der Waals surface area contributed by atoms with Gasteiger partial charge >= 0.3 is 0 Å². The number of hydrogen-bond donors (Lipinski definition) is 0. The summed E-state index contributed by atoms with van der Waals surface area (Å²) < 4.78 is 8.70. The van der Waals surface area contributed by atoms with Gasteiger partial charge in [0.1, 0.15) is 11.2 Å². The topological polar surface area (TPSA) is 21.3 Å². The first-order chi connectivity index (χ1) is 33.2. The molecule has 13 aromatic rings. The summed E-state index contributed by atoms with van der Waals surface area (Å²) in [6.45, 7) is 0. The molecule has 0 amide bonds. The SMILES string of the molecule is c1cc(-c2ccc(N(c3ccc(-c4ccc5ccccc5c4)cc3)c3cccc(-c4cccc5oc6ccccc6c45)c3)cc2)cc(-c2cccc(-n3c4ccccc4c4ccccc43)c2)c1. The number of fused-ring (bicyclic) bond motifs is 7. The highest BCUT2D eigenvalue weighted by Gasteiger charge is 2.18.